The summed E-state index contributed by atoms with van der Waals surface area (Å²) in [5.74, 6) is 0. The monoisotopic (exact) mass is 271 g/mol. The predicted molar refractivity (Wildman–Crippen MR) is 65.0 cm³/mol. The molecule has 1 aliphatic heterocycles. The van der Waals surface area contributed by atoms with Crippen molar-refractivity contribution in [3.05, 3.63) is 15.9 Å². The van der Waals surface area contributed by atoms with Gasteiger partial charge in [-0.05, 0) is 49.2 Å². The number of nitrogens with one attached hydrogen (secondary N) is 1. The van der Waals surface area contributed by atoms with Gasteiger partial charge >= 0.3 is 0 Å². The number of nitrogens with zero attached hydrogens (tertiary/aromatic N) is 2. The van der Waals surface area contributed by atoms with Crippen molar-refractivity contribution >= 4 is 15.9 Å². The summed E-state index contributed by atoms with van der Waals surface area (Å²) in [4.78, 5) is 0. The van der Waals surface area contributed by atoms with Gasteiger partial charge in [-0.15, -0.1) is 0 Å². The van der Waals surface area contributed by atoms with E-state index in [-0.39, 0.29) is 5.54 Å². The molecule has 4 heteroatoms. The molecule has 0 saturated carbocycles. The molecule has 1 fully saturated rings. The van der Waals surface area contributed by atoms with Crippen LogP contribution in [-0.4, -0.2) is 21.9 Å². The van der Waals surface area contributed by atoms with Gasteiger partial charge in [0, 0.05) is 19.0 Å². The molecule has 2 rings (SSSR count). The van der Waals surface area contributed by atoms with Gasteiger partial charge in [0.1, 0.15) is 0 Å². The predicted octanol–water partition coefficient (Wildman–Crippen LogP) is 2.18. The maximum absolute atomic E-state index is 4.43. The van der Waals surface area contributed by atoms with Crippen LogP contribution >= 0.6 is 15.9 Å². The van der Waals surface area contributed by atoms with E-state index < -0.39 is 0 Å². The van der Waals surface area contributed by atoms with Crippen molar-refractivity contribution in [2.75, 3.05) is 6.54 Å². The number of rotatable bonds is 2. The lowest BCUT2D eigenvalue weighted by Gasteiger charge is -2.24. The highest BCUT2D eigenvalue weighted by Gasteiger charge is 2.30. The third-order valence-corrected chi connectivity index (χ3v) is 4.31. The smallest absolute Gasteiger partial charge is 0.0738 e. The Morgan fingerprint density at radius 2 is 2.33 bits per heavy atom. The summed E-state index contributed by atoms with van der Waals surface area (Å²) < 4.78 is 3.16. The van der Waals surface area contributed by atoms with Crippen LogP contribution in [0.2, 0.25) is 0 Å². The van der Waals surface area contributed by atoms with E-state index in [1.54, 1.807) is 0 Å². The summed E-state index contributed by atoms with van der Waals surface area (Å²) in [5, 5.41) is 8.01. The summed E-state index contributed by atoms with van der Waals surface area (Å²) in [7, 11) is 2.02. The van der Waals surface area contributed by atoms with Gasteiger partial charge in [0.25, 0.3) is 0 Å². The van der Waals surface area contributed by atoms with E-state index in [1.165, 1.54) is 23.0 Å². The van der Waals surface area contributed by atoms with Crippen LogP contribution < -0.4 is 5.32 Å². The third-order valence-electron chi connectivity index (χ3n) is 3.28. The second-order valence-electron chi connectivity index (χ2n) is 4.74. The lowest BCUT2D eigenvalue weighted by molar-refractivity contribution is 0.400. The molecule has 0 spiro atoms. The minimum absolute atomic E-state index is 0.253. The molecule has 1 saturated heterocycles. The quantitative estimate of drug-likeness (QED) is 0.894. The van der Waals surface area contributed by atoms with E-state index in [9.17, 15) is 0 Å². The Balaban J connectivity index is 2.23. The van der Waals surface area contributed by atoms with Crippen molar-refractivity contribution in [3.63, 3.8) is 0 Å². The minimum Gasteiger partial charge on any atom is -0.311 e. The number of hydrogen-bond acceptors (Lipinski definition) is 2. The molecule has 84 valence electrons. The zero-order valence-corrected chi connectivity index (χ0v) is 11.2. The van der Waals surface area contributed by atoms with Gasteiger partial charge < -0.3 is 5.32 Å². The highest BCUT2D eigenvalue weighted by atomic mass is 79.9. The molecule has 0 radical (unpaired) electrons. The van der Waals surface area contributed by atoms with Crippen molar-refractivity contribution < 1.29 is 0 Å². The number of aromatic nitrogens is 2. The lowest BCUT2D eigenvalue weighted by Crippen LogP contribution is -2.39. The fraction of sp³-hybridized carbons (Fsp3) is 0.727. The Labute approximate surface area is 99.4 Å². The zero-order chi connectivity index (χ0) is 11.1. The zero-order valence-electron chi connectivity index (χ0n) is 9.60. The number of aryl methyl sites for hydroxylation is 2. The molecule has 1 aromatic heterocycles. The highest BCUT2D eigenvalue weighted by molar-refractivity contribution is 9.10. The van der Waals surface area contributed by atoms with Crippen LogP contribution in [0.3, 0.4) is 0 Å². The molecule has 0 aromatic carbocycles. The van der Waals surface area contributed by atoms with Crippen molar-refractivity contribution in [1.29, 1.82) is 0 Å². The summed E-state index contributed by atoms with van der Waals surface area (Å²) in [6.07, 6.45) is 3.58. The SMILES string of the molecule is Cc1nn(C)c(CC2(C)CCCN2)c1Br. The van der Waals surface area contributed by atoms with Crippen LogP contribution in [0.5, 0.6) is 0 Å². The van der Waals surface area contributed by atoms with Crippen LogP contribution in [0.1, 0.15) is 31.2 Å². The topological polar surface area (TPSA) is 29.9 Å². The number of halogens is 1. The lowest BCUT2D eigenvalue weighted by atomic mass is 9.94. The first kappa shape index (κ1) is 11.1. The maximum Gasteiger partial charge on any atom is 0.0738 e. The van der Waals surface area contributed by atoms with E-state index in [0.29, 0.717) is 0 Å². The molecule has 0 aliphatic carbocycles. The first-order valence-corrected chi connectivity index (χ1v) is 6.24. The first-order valence-electron chi connectivity index (χ1n) is 5.45. The van der Waals surface area contributed by atoms with Crippen LogP contribution in [0.4, 0.5) is 0 Å². The van der Waals surface area contributed by atoms with Crippen molar-refractivity contribution in [2.24, 2.45) is 7.05 Å². The standard InChI is InChI=1S/C11H18BrN3/c1-8-10(12)9(15(3)14-8)7-11(2)5-4-6-13-11/h13H,4-7H2,1-3H3. The highest BCUT2D eigenvalue weighted by Crippen LogP contribution is 2.28. The second-order valence-corrected chi connectivity index (χ2v) is 5.53. The van der Waals surface area contributed by atoms with Gasteiger partial charge in [0.2, 0.25) is 0 Å². The van der Waals surface area contributed by atoms with Gasteiger partial charge in [-0.25, -0.2) is 0 Å². The largest absolute Gasteiger partial charge is 0.311 e. The van der Waals surface area contributed by atoms with Crippen LogP contribution in [0.15, 0.2) is 4.47 Å². The molecule has 15 heavy (non-hydrogen) atoms. The normalized spacial score (nSPS) is 26.1. The van der Waals surface area contributed by atoms with Crippen molar-refractivity contribution in [1.82, 2.24) is 15.1 Å². The van der Waals surface area contributed by atoms with Crippen molar-refractivity contribution in [2.45, 2.75) is 38.6 Å². The summed E-state index contributed by atoms with van der Waals surface area (Å²) in [6, 6.07) is 0. The molecule has 3 nitrogen and oxygen atoms in total. The molecule has 1 aliphatic rings. The maximum atomic E-state index is 4.43. The molecular weight excluding hydrogens is 254 g/mol. The van der Waals surface area contributed by atoms with E-state index >= 15 is 0 Å². The molecular formula is C11H18BrN3. The van der Waals surface area contributed by atoms with Gasteiger partial charge in [-0.1, -0.05) is 0 Å². The Morgan fingerprint density at radius 1 is 1.60 bits per heavy atom. The molecule has 1 unspecified atom stereocenters. The fourth-order valence-corrected chi connectivity index (χ4v) is 2.83. The molecule has 1 aromatic rings. The van der Waals surface area contributed by atoms with Crippen LogP contribution in [0.25, 0.3) is 0 Å². The molecule has 0 amide bonds. The van der Waals surface area contributed by atoms with E-state index in [2.05, 4.69) is 33.3 Å². The summed E-state index contributed by atoms with van der Waals surface area (Å²) >= 11 is 3.62. The minimum atomic E-state index is 0.253. The van der Waals surface area contributed by atoms with Crippen LogP contribution in [0, 0.1) is 6.92 Å². The van der Waals surface area contributed by atoms with Gasteiger partial charge in [0.15, 0.2) is 0 Å². The molecule has 2 heterocycles. The average molecular weight is 272 g/mol. The van der Waals surface area contributed by atoms with Crippen molar-refractivity contribution in [3.8, 4) is 0 Å². The summed E-state index contributed by atoms with van der Waals surface area (Å²) in [6.45, 7) is 5.48. The van der Waals surface area contributed by atoms with Gasteiger partial charge in [0.05, 0.1) is 15.9 Å². The average Bonchev–Trinajstić information content (AvgIpc) is 2.68. The van der Waals surface area contributed by atoms with Gasteiger partial charge in [-0.3, -0.25) is 4.68 Å². The Morgan fingerprint density at radius 3 is 2.80 bits per heavy atom. The van der Waals surface area contributed by atoms with E-state index in [0.717, 1.165) is 18.7 Å². The molecule has 0 bridgehead atoms. The summed E-state index contributed by atoms with van der Waals surface area (Å²) in [5.41, 5.74) is 2.63. The molecule has 1 N–H and O–H groups in total. The van der Waals surface area contributed by atoms with E-state index in [1.807, 2.05) is 18.7 Å². The Hall–Kier alpha value is -0.350. The van der Waals surface area contributed by atoms with E-state index in [4.69, 9.17) is 0 Å². The fourth-order valence-electron chi connectivity index (χ4n) is 2.35. The molecule has 1 atom stereocenters. The third kappa shape index (κ3) is 2.11. The second kappa shape index (κ2) is 3.91. The number of hydrogen-bond donors (Lipinski definition) is 1. The van der Waals surface area contributed by atoms with Gasteiger partial charge in [-0.2, -0.15) is 5.10 Å². The first-order chi connectivity index (χ1) is 7.02. The Bertz CT molecular complexity index is 364. The van der Waals surface area contributed by atoms with Crippen LogP contribution in [-0.2, 0) is 13.5 Å². The Kier molecular flexibility index (Phi) is 2.90.